The number of anilines is 3. The van der Waals surface area contributed by atoms with Crippen molar-refractivity contribution in [2.75, 3.05) is 48.8 Å². The Bertz CT molecular complexity index is 1420. The van der Waals surface area contributed by atoms with E-state index < -0.39 is 6.17 Å². The van der Waals surface area contributed by atoms with Crippen molar-refractivity contribution in [3.05, 3.63) is 90.0 Å². The maximum absolute atomic E-state index is 13.1. The van der Waals surface area contributed by atoms with Crippen molar-refractivity contribution in [3.8, 4) is 11.5 Å². The molecule has 9 heteroatoms. The normalized spacial score (nSPS) is 18.0. The number of carbonyl (C=O) groups is 1. The summed E-state index contributed by atoms with van der Waals surface area (Å²) < 4.78 is 5.88. The van der Waals surface area contributed by atoms with E-state index >= 15 is 0 Å². The number of benzene rings is 3. The van der Waals surface area contributed by atoms with E-state index in [4.69, 9.17) is 9.41 Å². The number of nitrogens with one attached hydrogen (secondary N) is 2. The molecule has 2 aliphatic rings. The molecule has 0 bridgehead atoms. The zero-order valence-electron chi connectivity index (χ0n) is 20.5. The third-order valence-corrected chi connectivity index (χ3v) is 6.66. The van der Waals surface area contributed by atoms with Crippen molar-refractivity contribution in [1.82, 2.24) is 15.1 Å². The Morgan fingerprint density at radius 2 is 1.59 bits per heavy atom. The van der Waals surface area contributed by atoms with E-state index in [1.54, 1.807) is 0 Å². The fourth-order valence-corrected chi connectivity index (χ4v) is 4.58. The van der Waals surface area contributed by atoms with E-state index in [9.17, 15) is 4.79 Å². The van der Waals surface area contributed by atoms with Crippen molar-refractivity contribution in [1.29, 1.82) is 0 Å². The molecule has 2 N–H and O–H groups in total. The fourth-order valence-electron chi connectivity index (χ4n) is 4.58. The van der Waals surface area contributed by atoms with Gasteiger partial charge in [0.1, 0.15) is 0 Å². The van der Waals surface area contributed by atoms with Crippen molar-refractivity contribution in [2.24, 2.45) is 4.99 Å². The number of rotatable bonds is 5. The molecule has 9 nitrogen and oxygen atoms in total. The van der Waals surface area contributed by atoms with Gasteiger partial charge in [0, 0.05) is 48.6 Å². The number of likely N-dealkylation sites (N-methyl/N-ethyl adjacent to an activating group) is 1. The number of nitrogens with zero attached hydrogens (tertiary/aromatic N) is 5. The van der Waals surface area contributed by atoms with Crippen LogP contribution in [0.3, 0.4) is 0 Å². The van der Waals surface area contributed by atoms with Gasteiger partial charge in [-0.05, 0) is 37.4 Å². The van der Waals surface area contributed by atoms with Crippen molar-refractivity contribution in [2.45, 2.75) is 6.17 Å². The van der Waals surface area contributed by atoms with Gasteiger partial charge in [-0.25, -0.2) is 4.99 Å². The molecule has 1 aromatic heterocycles. The van der Waals surface area contributed by atoms with Crippen LogP contribution >= 0.6 is 0 Å². The Morgan fingerprint density at radius 3 is 2.38 bits per heavy atom. The molecule has 1 amide bonds. The van der Waals surface area contributed by atoms with E-state index in [1.807, 2.05) is 66.7 Å². The minimum absolute atomic E-state index is 0.125. The summed E-state index contributed by atoms with van der Waals surface area (Å²) in [5, 5.41) is 14.3. The molecule has 1 unspecified atom stereocenters. The van der Waals surface area contributed by atoms with Crippen molar-refractivity contribution in [3.63, 3.8) is 0 Å². The van der Waals surface area contributed by atoms with Crippen LogP contribution in [0.15, 0.2) is 88.3 Å². The van der Waals surface area contributed by atoms with Gasteiger partial charge in [-0.15, -0.1) is 5.10 Å². The van der Waals surface area contributed by atoms with Crippen LogP contribution in [0.4, 0.5) is 17.4 Å². The van der Waals surface area contributed by atoms with Gasteiger partial charge in [-0.2, -0.15) is 0 Å². The maximum Gasteiger partial charge on any atom is 0.317 e. The molecular formula is C28H27N7O2. The lowest BCUT2D eigenvalue weighted by Gasteiger charge is -2.34. The first-order valence-electron chi connectivity index (χ1n) is 12.3. The number of benzodiazepines with no additional fused rings is 1. The first-order valence-corrected chi connectivity index (χ1v) is 12.3. The van der Waals surface area contributed by atoms with Crippen LogP contribution in [0.1, 0.15) is 11.1 Å². The standard InChI is InChI=1S/C28H27N7O2/c1-34-15-17-35(18-16-34)21-13-11-20(12-14-21)27-32-33-28(37-27)31-25-26(36)29-23-10-6-5-9-22(23)24(30-25)19-7-3-2-4-8-19/h2-14,25H,15-18H2,1H3,(H,29,36)(H,31,33). The third-order valence-electron chi connectivity index (χ3n) is 6.66. The Hall–Kier alpha value is -4.50. The van der Waals surface area contributed by atoms with Crippen LogP contribution in [0.5, 0.6) is 0 Å². The number of hydrogen-bond acceptors (Lipinski definition) is 8. The highest BCUT2D eigenvalue weighted by Gasteiger charge is 2.27. The van der Waals surface area contributed by atoms with E-state index in [0.29, 0.717) is 17.3 Å². The van der Waals surface area contributed by atoms with Crippen LogP contribution in [0, 0.1) is 0 Å². The monoisotopic (exact) mass is 493 g/mol. The molecule has 0 aliphatic carbocycles. The first kappa shape index (κ1) is 22.9. The van der Waals surface area contributed by atoms with Crippen LogP contribution in [-0.4, -0.2) is 66.1 Å². The largest absolute Gasteiger partial charge is 0.403 e. The number of piperazine rings is 1. The number of fused-ring (bicyclic) bond motifs is 1. The molecule has 0 radical (unpaired) electrons. The van der Waals surface area contributed by atoms with Gasteiger partial charge in [0.25, 0.3) is 5.91 Å². The lowest BCUT2D eigenvalue weighted by Crippen LogP contribution is -2.44. The molecule has 1 fully saturated rings. The number of aliphatic imine (C=N–C) groups is 1. The molecule has 4 aromatic rings. The van der Waals surface area contributed by atoms with Crippen LogP contribution in [0.25, 0.3) is 11.5 Å². The van der Waals surface area contributed by atoms with Crippen LogP contribution in [-0.2, 0) is 4.79 Å². The van der Waals surface area contributed by atoms with E-state index in [1.165, 1.54) is 5.69 Å². The second kappa shape index (κ2) is 9.87. The quantitative estimate of drug-likeness (QED) is 0.437. The molecule has 2 aliphatic heterocycles. The minimum Gasteiger partial charge on any atom is -0.403 e. The number of carbonyl (C=O) groups excluding carboxylic acids is 1. The topological polar surface area (TPSA) is 98.9 Å². The SMILES string of the molecule is CN1CCN(c2ccc(-c3nnc(NC4N=C(c5ccccc5)c5ccccc5NC4=O)o3)cc2)CC1. The molecule has 0 saturated carbocycles. The van der Waals surface area contributed by atoms with Gasteiger partial charge in [-0.3, -0.25) is 4.79 Å². The Labute approximate surface area is 214 Å². The average Bonchev–Trinajstić information content (AvgIpc) is 3.35. The summed E-state index contributed by atoms with van der Waals surface area (Å²) in [5.41, 5.74) is 5.14. The maximum atomic E-state index is 13.1. The second-order valence-corrected chi connectivity index (χ2v) is 9.18. The summed E-state index contributed by atoms with van der Waals surface area (Å²) in [5.74, 6) is 0.0617. The summed E-state index contributed by atoms with van der Waals surface area (Å²) in [7, 11) is 2.15. The highest BCUT2D eigenvalue weighted by molar-refractivity contribution is 6.19. The number of amides is 1. The third kappa shape index (κ3) is 4.81. The molecule has 37 heavy (non-hydrogen) atoms. The molecular weight excluding hydrogens is 466 g/mol. The predicted molar refractivity (Wildman–Crippen MR) is 144 cm³/mol. The summed E-state index contributed by atoms with van der Waals surface area (Å²) >= 11 is 0. The summed E-state index contributed by atoms with van der Waals surface area (Å²) in [6.45, 7) is 4.11. The van der Waals surface area contributed by atoms with Gasteiger partial charge in [-0.1, -0.05) is 53.6 Å². The number of hydrogen-bond donors (Lipinski definition) is 2. The van der Waals surface area contributed by atoms with Crippen molar-refractivity contribution < 1.29 is 9.21 Å². The van der Waals surface area contributed by atoms with Gasteiger partial charge >= 0.3 is 6.01 Å². The first-order chi connectivity index (χ1) is 18.1. The Kier molecular flexibility index (Phi) is 6.11. The molecule has 3 aromatic carbocycles. The van der Waals surface area contributed by atoms with Gasteiger partial charge in [0.15, 0.2) is 0 Å². The van der Waals surface area contributed by atoms with Crippen molar-refractivity contribution >= 4 is 29.0 Å². The predicted octanol–water partition coefficient (Wildman–Crippen LogP) is 3.72. The molecule has 0 spiro atoms. The lowest BCUT2D eigenvalue weighted by molar-refractivity contribution is -0.116. The van der Waals surface area contributed by atoms with Crippen LogP contribution < -0.4 is 15.5 Å². The molecule has 186 valence electrons. The molecule has 1 atom stereocenters. The molecule has 6 rings (SSSR count). The van der Waals surface area contributed by atoms with Gasteiger partial charge in [0.05, 0.1) is 11.4 Å². The van der Waals surface area contributed by atoms with E-state index in [-0.39, 0.29) is 11.9 Å². The minimum atomic E-state index is -0.949. The van der Waals surface area contributed by atoms with Gasteiger partial charge < -0.3 is 24.9 Å². The highest BCUT2D eigenvalue weighted by atomic mass is 16.4. The summed E-state index contributed by atoms with van der Waals surface area (Å²) in [4.78, 5) is 22.5. The molecule has 1 saturated heterocycles. The highest BCUT2D eigenvalue weighted by Crippen LogP contribution is 2.27. The fraction of sp³-hybridized carbons (Fsp3) is 0.214. The average molecular weight is 494 g/mol. The smallest absolute Gasteiger partial charge is 0.317 e. The zero-order chi connectivity index (χ0) is 25.2. The second-order valence-electron chi connectivity index (χ2n) is 9.18. The molecule has 3 heterocycles. The van der Waals surface area contributed by atoms with Gasteiger partial charge in [0.2, 0.25) is 12.1 Å². The summed E-state index contributed by atoms with van der Waals surface area (Å²) in [6, 6.07) is 25.6. The van der Waals surface area contributed by atoms with E-state index in [0.717, 1.165) is 42.9 Å². The zero-order valence-corrected chi connectivity index (χ0v) is 20.5. The Balaban J connectivity index is 1.23. The Morgan fingerprint density at radius 1 is 0.865 bits per heavy atom. The number of aromatic nitrogens is 2. The number of para-hydroxylation sites is 1. The van der Waals surface area contributed by atoms with E-state index in [2.05, 4.69) is 49.8 Å². The summed E-state index contributed by atoms with van der Waals surface area (Å²) in [6.07, 6.45) is -0.949. The lowest BCUT2D eigenvalue weighted by atomic mass is 10.0. The van der Waals surface area contributed by atoms with Crippen LogP contribution in [0.2, 0.25) is 0 Å².